The van der Waals surface area contributed by atoms with Crippen LogP contribution in [-0.4, -0.2) is 53.3 Å². The van der Waals surface area contributed by atoms with Gasteiger partial charge in [-0.1, -0.05) is 0 Å². The molecule has 1 N–H and O–H groups in total. The average molecular weight is 679 g/mol. The Morgan fingerprint density at radius 2 is 1.84 bits per heavy atom. The lowest BCUT2D eigenvalue weighted by Crippen LogP contribution is -2.23. The predicted molar refractivity (Wildman–Crippen MR) is 178 cm³/mol. The fourth-order valence-corrected chi connectivity index (χ4v) is 7.23. The van der Waals surface area contributed by atoms with Crippen LogP contribution in [0.4, 0.5) is 19.0 Å². The van der Waals surface area contributed by atoms with Crippen molar-refractivity contribution in [3.63, 3.8) is 0 Å². The number of aromatic nitrogens is 6. The Labute approximate surface area is 285 Å². The van der Waals surface area contributed by atoms with E-state index in [1.54, 1.807) is 48.3 Å². The van der Waals surface area contributed by atoms with Crippen LogP contribution < -0.4 is 11.0 Å². The minimum Gasteiger partial charge on any atom is -0.369 e. The van der Waals surface area contributed by atoms with Crippen LogP contribution >= 0.6 is 0 Å². The number of fused-ring (bicyclic) bond motifs is 1. The summed E-state index contributed by atoms with van der Waals surface area (Å²) in [5.41, 5.74) is 0.875. The number of benzene rings is 1. The Hall–Kier alpha value is -5.47. The van der Waals surface area contributed by atoms with Crippen molar-refractivity contribution < 1.29 is 13.2 Å². The molecule has 14 heteroatoms. The summed E-state index contributed by atoms with van der Waals surface area (Å²) in [6.45, 7) is 2.45. The van der Waals surface area contributed by atoms with Gasteiger partial charge in [0.1, 0.15) is 18.0 Å². The van der Waals surface area contributed by atoms with Crippen molar-refractivity contribution in [1.29, 1.82) is 10.5 Å². The summed E-state index contributed by atoms with van der Waals surface area (Å²) in [5, 5.41) is 30.7. The normalized spacial score (nSPS) is 17.6. The highest BCUT2D eigenvalue weighted by atomic mass is 19.4. The summed E-state index contributed by atoms with van der Waals surface area (Å²) in [7, 11) is 1.79. The zero-order valence-corrected chi connectivity index (χ0v) is 27.3. The molecule has 3 fully saturated rings. The number of nitrogens with zero attached hydrogens (tertiary/aromatic N) is 9. The van der Waals surface area contributed by atoms with E-state index in [2.05, 4.69) is 32.6 Å². The third-order valence-electron chi connectivity index (χ3n) is 10.5. The maximum Gasteiger partial charge on any atom is 0.418 e. The Kier molecular flexibility index (Phi) is 7.35. The maximum atomic E-state index is 14.6. The van der Waals surface area contributed by atoms with Crippen LogP contribution in [0.5, 0.6) is 0 Å². The van der Waals surface area contributed by atoms with E-state index in [1.807, 2.05) is 0 Å². The van der Waals surface area contributed by atoms with Gasteiger partial charge in [-0.3, -0.25) is 13.9 Å². The van der Waals surface area contributed by atoms with Gasteiger partial charge in [0, 0.05) is 56.5 Å². The van der Waals surface area contributed by atoms with Crippen LogP contribution in [0.15, 0.2) is 59.9 Å². The zero-order valence-electron chi connectivity index (χ0n) is 27.3. The van der Waals surface area contributed by atoms with E-state index < -0.39 is 17.4 Å². The van der Waals surface area contributed by atoms with E-state index in [4.69, 9.17) is 4.98 Å². The molecule has 1 aromatic carbocycles. The number of aryl methyl sites for hydroxylation is 1. The fraction of sp³-hybridized carbons (Fsp3) is 0.389. The molecule has 4 aromatic heterocycles. The second-order valence-corrected chi connectivity index (χ2v) is 14.2. The monoisotopic (exact) mass is 678 g/mol. The molecule has 0 radical (unpaired) electrons. The number of anilines is 1. The van der Waals surface area contributed by atoms with Crippen molar-refractivity contribution in [2.24, 2.45) is 17.9 Å². The summed E-state index contributed by atoms with van der Waals surface area (Å²) in [5.74, 6) is 0.998. The molecular formula is C36H33F3N10O. The van der Waals surface area contributed by atoms with Crippen molar-refractivity contribution in [2.45, 2.75) is 51.2 Å². The third-order valence-corrected chi connectivity index (χ3v) is 10.5. The first-order chi connectivity index (χ1) is 24.0. The van der Waals surface area contributed by atoms with E-state index in [1.165, 1.54) is 12.4 Å². The van der Waals surface area contributed by atoms with E-state index in [9.17, 15) is 28.5 Å². The number of nitriles is 2. The number of alkyl halides is 3. The molecule has 11 nitrogen and oxygen atoms in total. The SMILES string of the molecule is Cn1cnnc1-c1ccc(C#N)cc1-c1cc(NCC2(CC#N)CC2)nc(-n2cc3c(C(F)(F)F)cc(CN4CCC5(CC5)C4)cn3c2=O)c1. The summed E-state index contributed by atoms with van der Waals surface area (Å²) in [4.78, 5) is 21.0. The number of likely N-dealkylation sites (tertiary alicyclic amines) is 1. The van der Waals surface area contributed by atoms with Gasteiger partial charge in [-0.25, -0.2) is 9.78 Å². The van der Waals surface area contributed by atoms with Crippen LogP contribution in [0.3, 0.4) is 0 Å². The highest BCUT2D eigenvalue weighted by Gasteiger charge is 2.47. The van der Waals surface area contributed by atoms with Gasteiger partial charge in [0.2, 0.25) is 0 Å². The van der Waals surface area contributed by atoms with Crippen molar-refractivity contribution in [1.82, 2.24) is 33.6 Å². The van der Waals surface area contributed by atoms with Gasteiger partial charge in [-0.05, 0) is 97.2 Å². The van der Waals surface area contributed by atoms with E-state index >= 15 is 0 Å². The van der Waals surface area contributed by atoms with E-state index in [0.29, 0.717) is 64.4 Å². The minimum absolute atomic E-state index is 0.0972. The lowest BCUT2D eigenvalue weighted by atomic mass is 9.97. The van der Waals surface area contributed by atoms with Crippen LogP contribution in [0.2, 0.25) is 0 Å². The van der Waals surface area contributed by atoms with Crippen LogP contribution in [0.25, 0.3) is 33.8 Å². The minimum atomic E-state index is -4.70. The van der Waals surface area contributed by atoms with Crippen LogP contribution in [0, 0.1) is 33.5 Å². The number of rotatable bonds is 9. The zero-order chi connectivity index (χ0) is 34.8. The highest BCUT2D eigenvalue weighted by Crippen LogP contribution is 2.53. The number of pyridine rings is 2. The third kappa shape index (κ3) is 5.79. The largest absolute Gasteiger partial charge is 0.418 e. The number of imidazole rings is 1. The Morgan fingerprint density at radius 1 is 1.02 bits per heavy atom. The molecule has 5 aromatic rings. The first-order valence-corrected chi connectivity index (χ1v) is 16.6. The molecule has 0 amide bonds. The molecule has 2 saturated carbocycles. The number of hydrogen-bond donors (Lipinski definition) is 1. The van der Waals surface area contributed by atoms with Crippen molar-refractivity contribution in [3.8, 4) is 40.5 Å². The molecule has 1 spiro atoms. The molecule has 8 rings (SSSR count). The first kappa shape index (κ1) is 31.8. The molecule has 0 bridgehead atoms. The molecule has 3 aliphatic rings. The molecule has 5 heterocycles. The van der Waals surface area contributed by atoms with Gasteiger partial charge < -0.3 is 9.88 Å². The van der Waals surface area contributed by atoms with Crippen molar-refractivity contribution in [3.05, 3.63) is 82.3 Å². The smallest absolute Gasteiger partial charge is 0.369 e. The Bertz CT molecular complexity index is 2300. The molecule has 2 aliphatic carbocycles. The topological polar surface area (TPSA) is 133 Å². The summed E-state index contributed by atoms with van der Waals surface area (Å²) in [6.07, 6.45) is 5.04. The second kappa shape index (κ2) is 11.6. The van der Waals surface area contributed by atoms with Crippen LogP contribution in [0.1, 0.15) is 55.2 Å². The maximum absolute atomic E-state index is 14.6. The summed E-state index contributed by atoms with van der Waals surface area (Å²) < 4.78 is 47.7. The highest BCUT2D eigenvalue weighted by molar-refractivity contribution is 5.83. The second-order valence-electron chi connectivity index (χ2n) is 14.2. The summed E-state index contributed by atoms with van der Waals surface area (Å²) in [6, 6.07) is 14.1. The molecule has 0 unspecified atom stereocenters. The van der Waals surface area contributed by atoms with Gasteiger partial charge in [-0.2, -0.15) is 23.7 Å². The van der Waals surface area contributed by atoms with Gasteiger partial charge in [-0.15, -0.1) is 10.2 Å². The van der Waals surface area contributed by atoms with Gasteiger partial charge >= 0.3 is 11.9 Å². The lowest BCUT2D eigenvalue weighted by molar-refractivity contribution is -0.136. The molecular weight excluding hydrogens is 645 g/mol. The Morgan fingerprint density at radius 3 is 2.50 bits per heavy atom. The molecule has 0 atom stereocenters. The standard InChI is InChI=1S/C36H33F3N10O/c1-46-22-43-45-32(46)26-3-2-23(16-41)12-27(26)25-14-30(42-20-34(4-5-34)8-10-40)44-31(15-25)49-19-29-28(36(37,38)39)13-24(18-48(29)33(49)50)17-47-11-9-35(21-47)6-7-35/h2-3,12-15,18-19,22H,4-9,11,17,20-21H2,1H3,(H,42,44). The van der Waals surface area contributed by atoms with Crippen LogP contribution in [-0.2, 0) is 19.8 Å². The molecule has 1 aliphatic heterocycles. The Balaban J connectivity index is 1.27. The van der Waals surface area contributed by atoms with Gasteiger partial charge in [0.25, 0.3) is 0 Å². The molecule has 254 valence electrons. The predicted octanol–water partition coefficient (Wildman–Crippen LogP) is 5.93. The van der Waals surface area contributed by atoms with Gasteiger partial charge in [0.05, 0.1) is 28.8 Å². The quantitative estimate of drug-likeness (QED) is 0.203. The summed E-state index contributed by atoms with van der Waals surface area (Å²) >= 11 is 0. The van der Waals surface area contributed by atoms with E-state index in [0.717, 1.165) is 60.2 Å². The van der Waals surface area contributed by atoms with Crippen molar-refractivity contribution >= 4 is 11.3 Å². The number of halogens is 3. The number of hydrogen-bond acceptors (Lipinski definition) is 8. The molecule has 50 heavy (non-hydrogen) atoms. The van der Waals surface area contributed by atoms with E-state index in [-0.39, 0.29) is 16.7 Å². The number of nitrogens with one attached hydrogen (secondary N) is 1. The van der Waals surface area contributed by atoms with Gasteiger partial charge in [0.15, 0.2) is 5.82 Å². The fourth-order valence-electron chi connectivity index (χ4n) is 7.23. The average Bonchev–Trinajstić information content (AvgIpc) is 3.90. The molecule has 1 saturated heterocycles. The lowest BCUT2D eigenvalue weighted by Gasteiger charge is -2.17. The van der Waals surface area contributed by atoms with Crippen molar-refractivity contribution in [2.75, 3.05) is 25.0 Å². The first-order valence-electron chi connectivity index (χ1n) is 16.6.